The molecule has 1 aromatic carbocycles. The number of hydrogen-bond donors (Lipinski definition) is 0. The van der Waals surface area contributed by atoms with E-state index in [4.69, 9.17) is 9.47 Å². The number of hydrogen-bond acceptors (Lipinski definition) is 5. The number of amides is 2. The Morgan fingerprint density at radius 2 is 1.67 bits per heavy atom. The Morgan fingerprint density at radius 3 is 2.37 bits per heavy atom. The van der Waals surface area contributed by atoms with Crippen molar-refractivity contribution < 1.29 is 19.1 Å². The zero-order valence-corrected chi connectivity index (χ0v) is 18.0. The molecule has 158 valence electrons. The monoisotopic (exact) mass is 426 g/mol. The summed E-state index contributed by atoms with van der Waals surface area (Å²) in [7, 11) is 0. The van der Waals surface area contributed by atoms with E-state index in [2.05, 4.69) is 0 Å². The number of rotatable bonds is 2. The molecule has 0 bridgehead atoms. The summed E-state index contributed by atoms with van der Waals surface area (Å²) in [5.41, 5.74) is 2.96. The molecule has 2 amide bonds. The summed E-state index contributed by atoms with van der Waals surface area (Å²) in [5, 5.41) is 0. The summed E-state index contributed by atoms with van der Waals surface area (Å²) < 4.78 is 11.5. The first-order valence-electron chi connectivity index (χ1n) is 10.6. The molecule has 0 unspecified atom stereocenters. The molecule has 0 aliphatic carbocycles. The molecule has 3 aliphatic rings. The van der Waals surface area contributed by atoms with Gasteiger partial charge in [-0.1, -0.05) is 17.7 Å². The Bertz CT molecular complexity index is 952. The number of benzene rings is 1. The molecule has 1 spiro atoms. The van der Waals surface area contributed by atoms with E-state index in [9.17, 15) is 9.59 Å². The maximum atomic E-state index is 13.1. The fourth-order valence-corrected chi connectivity index (χ4v) is 5.61. The van der Waals surface area contributed by atoms with Crippen LogP contribution in [0.1, 0.15) is 48.9 Å². The average molecular weight is 427 g/mol. The van der Waals surface area contributed by atoms with Crippen LogP contribution in [0.3, 0.4) is 0 Å². The third-order valence-electron chi connectivity index (χ3n) is 6.29. The van der Waals surface area contributed by atoms with Crippen LogP contribution >= 0.6 is 11.3 Å². The molecule has 0 N–H and O–H groups in total. The van der Waals surface area contributed by atoms with E-state index in [1.54, 1.807) is 11.3 Å². The third kappa shape index (κ3) is 3.66. The number of fused-ring (bicyclic) bond motifs is 1. The van der Waals surface area contributed by atoms with Crippen LogP contribution in [0, 0.1) is 6.92 Å². The van der Waals surface area contributed by atoms with Gasteiger partial charge in [0.05, 0.1) is 18.1 Å². The van der Waals surface area contributed by atoms with Gasteiger partial charge in [0.15, 0.2) is 5.79 Å². The van der Waals surface area contributed by atoms with Crippen LogP contribution in [0.25, 0.3) is 0 Å². The van der Waals surface area contributed by atoms with Crippen molar-refractivity contribution in [2.75, 3.05) is 32.8 Å². The van der Waals surface area contributed by atoms with Crippen molar-refractivity contribution in [3.63, 3.8) is 0 Å². The van der Waals surface area contributed by atoms with Gasteiger partial charge in [-0.05, 0) is 37.1 Å². The van der Waals surface area contributed by atoms with E-state index in [1.165, 1.54) is 4.88 Å². The highest BCUT2D eigenvalue weighted by molar-refractivity contribution is 7.14. The number of carbonyl (C=O) groups is 2. The topological polar surface area (TPSA) is 59.1 Å². The van der Waals surface area contributed by atoms with Crippen LogP contribution < -0.4 is 0 Å². The Hall–Kier alpha value is -2.22. The molecule has 0 saturated carbocycles. The molecule has 0 radical (unpaired) electrons. The minimum absolute atomic E-state index is 0.0534. The van der Waals surface area contributed by atoms with Crippen molar-refractivity contribution >= 4 is 23.2 Å². The molecule has 4 heterocycles. The van der Waals surface area contributed by atoms with E-state index in [0.717, 1.165) is 35.3 Å². The fraction of sp³-hybridized carbons (Fsp3) is 0.478. The lowest BCUT2D eigenvalue weighted by Crippen LogP contribution is -2.47. The molecule has 5 rings (SSSR count). The fourth-order valence-electron chi connectivity index (χ4n) is 4.48. The van der Waals surface area contributed by atoms with Crippen molar-refractivity contribution in [3.8, 4) is 0 Å². The molecule has 1 aromatic heterocycles. The Kier molecular flexibility index (Phi) is 5.13. The highest BCUT2D eigenvalue weighted by Gasteiger charge is 2.41. The van der Waals surface area contributed by atoms with Gasteiger partial charge in [-0.15, -0.1) is 11.3 Å². The summed E-state index contributed by atoms with van der Waals surface area (Å²) in [5.74, 6) is -0.334. The van der Waals surface area contributed by atoms with Gasteiger partial charge < -0.3 is 19.3 Å². The van der Waals surface area contributed by atoms with Crippen molar-refractivity contribution in [1.82, 2.24) is 9.80 Å². The minimum Gasteiger partial charge on any atom is -0.347 e. The molecule has 7 heteroatoms. The summed E-state index contributed by atoms with van der Waals surface area (Å²) in [6.45, 7) is 5.86. The second-order valence-electron chi connectivity index (χ2n) is 8.30. The number of carbonyl (C=O) groups excluding carboxylic acids is 2. The van der Waals surface area contributed by atoms with Crippen molar-refractivity contribution in [1.29, 1.82) is 0 Å². The summed E-state index contributed by atoms with van der Waals surface area (Å²) in [6, 6.07) is 9.69. The van der Waals surface area contributed by atoms with Crippen LogP contribution in [-0.2, 0) is 22.4 Å². The van der Waals surface area contributed by atoms with Gasteiger partial charge >= 0.3 is 0 Å². The van der Waals surface area contributed by atoms with Gasteiger partial charge in [-0.25, -0.2) is 0 Å². The first kappa shape index (κ1) is 19.7. The molecule has 3 aliphatic heterocycles. The molecule has 2 fully saturated rings. The number of ether oxygens (including phenoxy) is 2. The van der Waals surface area contributed by atoms with E-state index in [1.807, 2.05) is 47.1 Å². The molecular weight excluding hydrogens is 400 g/mol. The minimum atomic E-state index is -0.470. The number of likely N-dealkylation sites (tertiary alicyclic amines) is 1. The largest absolute Gasteiger partial charge is 0.347 e. The van der Waals surface area contributed by atoms with Crippen molar-refractivity contribution in [2.45, 2.75) is 38.5 Å². The number of piperidine rings is 1. The van der Waals surface area contributed by atoms with Gasteiger partial charge in [-0.2, -0.15) is 0 Å². The molecule has 0 atom stereocenters. The van der Waals surface area contributed by atoms with Crippen LogP contribution in [0.15, 0.2) is 30.3 Å². The van der Waals surface area contributed by atoms with E-state index in [0.29, 0.717) is 45.0 Å². The zero-order valence-electron chi connectivity index (χ0n) is 17.2. The SMILES string of the molecule is Cc1ccc(C(=O)N2CCc3sc(C(=O)N4CCC5(CC4)OCCO5)cc3C2)cc1. The second-order valence-corrected chi connectivity index (χ2v) is 9.44. The zero-order chi connectivity index (χ0) is 20.7. The first-order chi connectivity index (χ1) is 14.5. The lowest BCUT2D eigenvalue weighted by Gasteiger charge is -2.37. The predicted octanol–water partition coefficient (Wildman–Crippen LogP) is 3.23. The maximum Gasteiger partial charge on any atom is 0.263 e. The molecule has 2 aromatic rings. The summed E-state index contributed by atoms with van der Waals surface area (Å²) in [4.78, 5) is 31.7. The van der Waals surface area contributed by atoms with Crippen LogP contribution in [0.5, 0.6) is 0 Å². The predicted molar refractivity (Wildman–Crippen MR) is 114 cm³/mol. The average Bonchev–Trinajstić information content (AvgIpc) is 3.40. The van der Waals surface area contributed by atoms with Crippen molar-refractivity contribution in [2.24, 2.45) is 0 Å². The Morgan fingerprint density at radius 1 is 0.967 bits per heavy atom. The van der Waals surface area contributed by atoms with Gasteiger partial charge in [0.2, 0.25) is 0 Å². The lowest BCUT2D eigenvalue weighted by atomic mass is 10.0. The van der Waals surface area contributed by atoms with Gasteiger partial charge in [-0.3, -0.25) is 9.59 Å². The van der Waals surface area contributed by atoms with E-state index >= 15 is 0 Å². The van der Waals surface area contributed by atoms with Crippen molar-refractivity contribution in [3.05, 3.63) is 56.8 Å². The third-order valence-corrected chi connectivity index (χ3v) is 7.51. The smallest absolute Gasteiger partial charge is 0.263 e. The lowest BCUT2D eigenvalue weighted by molar-refractivity contribution is -0.181. The van der Waals surface area contributed by atoms with Crippen LogP contribution in [0.4, 0.5) is 0 Å². The molecule has 6 nitrogen and oxygen atoms in total. The van der Waals surface area contributed by atoms with Crippen LogP contribution in [-0.4, -0.2) is 60.2 Å². The van der Waals surface area contributed by atoms with E-state index in [-0.39, 0.29) is 11.8 Å². The highest BCUT2D eigenvalue weighted by atomic mass is 32.1. The molecular formula is C23H26N2O4S. The van der Waals surface area contributed by atoms with Gasteiger partial charge in [0.1, 0.15) is 0 Å². The highest BCUT2D eigenvalue weighted by Crippen LogP contribution is 2.34. The normalized spacial score (nSPS) is 20.4. The summed E-state index contributed by atoms with van der Waals surface area (Å²) in [6.07, 6.45) is 2.25. The van der Waals surface area contributed by atoms with Gasteiger partial charge in [0, 0.05) is 49.5 Å². The number of aryl methyl sites for hydroxylation is 1. The number of thiophene rings is 1. The summed E-state index contributed by atoms with van der Waals surface area (Å²) >= 11 is 1.58. The molecule has 2 saturated heterocycles. The molecule has 30 heavy (non-hydrogen) atoms. The quantitative estimate of drug-likeness (QED) is 0.740. The standard InChI is InChI=1S/C23H26N2O4S/c1-16-2-4-17(5-3-16)21(26)25-9-6-19-18(15-25)14-20(30-19)22(27)24-10-7-23(8-11-24)28-12-13-29-23/h2-5,14H,6-13,15H2,1H3. The number of nitrogens with zero attached hydrogens (tertiary/aromatic N) is 2. The Labute approximate surface area is 180 Å². The first-order valence-corrected chi connectivity index (χ1v) is 11.4. The maximum absolute atomic E-state index is 13.1. The Balaban J connectivity index is 1.25. The van der Waals surface area contributed by atoms with E-state index < -0.39 is 5.79 Å². The second kappa shape index (κ2) is 7.80. The van der Waals surface area contributed by atoms with Gasteiger partial charge in [0.25, 0.3) is 11.8 Å². The van der Waals surface area contributed by atoms with Crippen LogP contribution in [0.2, 0.25) is 0 Å².